The molecule has 0 fully saturated rings. The van der Waals surface area contributed by atoms with E-state index in [0.717, 1.165) is 0 Å². The van der Waals surface area contributed by atoms with Crippen molar-refractivity contribution in [3.05, 3.63) is 66.1 Å². The average molecular weight is 238 g/mol. The predicted molar refractivity (Wildman–Crippen MR) is 82.7 cm³/mol. The maximum Gasteiger partial charge on any atom is 0.0367 e. The van der Waals surface area contributed by atoms with Gasteiger partial charge in [0.05, 0.1) is 0 Å². The first kappa shape index (κ1) is 11.1. The smallest absolute Gasteiger partial charge is 0.0367 e. The minimum atomic E-state index is 0. The van der Waals surface area contributed by atoms with Crippen molar-refractivity contribution in [3.63, 3.8) is 0 Å². The Balaban J connectivity index is 0.000001000. The molecule has 2 aromatic carbocycles. The Kier molecular flexibility index (Phi) is 2.67. The van der Waals surface area contributed by atoms with Gasteiger partial charge >= 0.3 is 0 Å². The fraction of sp³-hybridized carbons (Fsp3) is 0.118. The lowest BCUT2D eigenvalue weighted by Gasteiger charge is -2.09. The lowest BCUT2D eigenvalue weighted by molar-refractivity contribution is 1.40. The highest BCUT2D eigenvalue weighted by atomic mass is 14.8. The standard InChI is InChI=1S/C17H16N.2H2/c1-12-10-16(8-9-17(12)18-2)15-5-3-4-14(11-15)13-6-7-13;;/h3-11,18H,1-2H3;2*1H. The summed E-state index contributed by atoms with van der Waals surface area (Å²) < 4.78 is 0. The van der Waals surface area contributed by atoms with Crippen LogP contribution >= 0.6 is 0 Å². The molecule has 0 aliphatic heterocycles. The summed E-state index contributed by atoms with van der Waals surface area (Å²) >= 11 is 0. The van der Waals surface area contributed by atoms with Crippen LogP contribution in [0.3, 0.4) is 0 Å². The molecule has 0 bridgehead atoms. The van der Waals surface area contributed by atoms with Crippen molar-refractivity contribution >= 4 is 11.3 Å². The van der Waals surface area contributed by atoms with Crippen molar-refractivity contribution in [3.8, 4) is 11.1 Å². The highest BCUT2D eigenvalue weighted by molar-refractivity contribution is 5.88. The normalized spacial score (nSPS) is 13.1. The van der Waals surface area contributed by atoms with Crippen molar-refractivity contribution in [2.45, 2.75) is 6.92 Å². The van der Waals surface area contributed by atoms with Crippen LogP contribution in [0.2, 0.25) is 0 Å². The highest BCUT2D eigenvalue weighted by Crippen LogP contribution is 2.32. The number of nitrogens with one attached hydrogen (secondary N) is 1. The number of hydrogen-bond acceptors (Lipinski definition) is 1. The molecule has 0 saturated heterocycles. The summed E-state index contributed by atoms with van der Waals surface area (Å²) in [6.07, 6.45) is 4.29. The molecule has 0 atom stereocenters. The molecule has 0 unspecified atom stereocenters. The lowest BCUT2D eigenvalue weighted by Crippen LogP contribution is -1.91. The van der Waals surface area contributed by atoms with Crippen LogP contribution < -0.4 is 5.32 Å². The van der Waals surface area contributed by atoms with Crippen LogP contribution in [-0.4, -0.2) is 7.05 Å². The van der Waals surface area contributed by atoms with E-state index in [2.05, 4.69) is 67.2 Å². The molecular weight excluding hydrogens is 218 g/mol. The van der Waals surface area contributed by atoms with Gasteiger partial charge in [-0.15, -0.1) is 0 Å². The molecule has 1 heteroatoms. The Morgan fingerprint density at radius 1 is 0.944 bits per heavy atom. The Morgan fingerprint density at radius 3 is 2.33 bits per heavy atom. The molecule has 1 nitrogen and oxygen atoms in total. The van der Waals surface area contributed by atoms with Gasteiger partial charge in [-0.1, -0.05) is 30.3 Å². The maximum atomic E-state index is 3.20. The molecule has 1 N–H and O–H groups in total. The summed E-state index contributed by atoms with van der Waals surface area (Å²) in [4.78, 5) is 0. The molecule has 0 amide bonds. The summed E-state index contributed by atoms with van der Waals surface area (Å²) in [6, 6.07) is 15.2. The van der Waals surface area contributed by atoms with Crippen LogP contribution in [0.1, 0.15) is 14.0 Å². The van der Waals surface area contributed by atoms with Crippen LogP contribution in [0.25, 0.3) is 16.7 Å². The van der Waals surface area contributed by atoms with Gasteiger partial charge in [-0.25, -0.2) is 0 Å². The van der Waals surface area contributed by atoms with Gasteiger partial charge in [-0.2, -0.15) is 0 Å². The lowest BCUT2D eigenvalue weighted by atomic mass is 10.00. The minimum Gasteiger partial charge on any atom is -0.388 e. The fourth-order valence-corrected chi connectivity index (χ4v) is 2.24. The van der Waals surface area contributed by atoms with Crippen LogP contribution in [0.5, 0.6) is 0 Å². The maximum absolute atomic E-state index is 3.20. The molecule has 18 heavy (non-hydrogen) atoms. The zero-order valence-electron chi connectivity index (χ0n) is 10.7. The SMILES string of the molecule is CNc1ccc(-c2cccc(C3=C[CH]3)c2)cc1C.[HH].[HH]. The van der Waals surface area contributed by atoms with Crippen molar-refractivity contribution < 1.29 is 2.85 Å². The third-order valence-corrected chi connectivity index (χ3v) is 3.36. The van der Waals surface area contributed by atoms with Gasteiger partial charge in [-0.3, -0.25) is 0 Å². The largest absolute Gasteiger partial charge is 0.388 e. The summed E-state index contributed by atoms with van der Waals surface area (Å²) in [5.41, 5.74) is 7.67. The summed E-state index contributed by atoms with van der Waals surface area (Å²) in [5, 5.41) is 3.20. The van der Waals surface area contributed by atoms with Crippen LogP contribution in [-0.2, 0) is 0 Å². The fourth-order valence-electron chi connectivity index (χ4n) is 2.24. The second kappa shape index (κ2) is 4.34. The number of aryl methyl sites for hydroxylation is 1. The van der Waals surface area contributed by atoms with Crippen LogP contribution in [0.4, 0.5) is 5.69 Å². The van der Waals surface area contributed by atoms with Crippen LogP contribution in [0, 0.1) is 13.3 Å². The second-order valence-electron chi connectivity index (χ2n) is 4.65. The molecule has 0 aromatic heterocycles. The van der Waals surface area contributed by atoms with E-state index in [1.807, 2.05) is 7.05 Å². The Labute approximate surface area is 111 Å². The molecule has 3 rings (SSSR count). The van der Waals surface area contributed by atoms with E-state index >= 15 is 0 Å². The molecule has 1 aliphatic carbocycles. The molecule has 0 heterocycles. The van der Waals surface area contributed by atoms with Gasteiger partial charge in [-0.05, 0) is 52.9 Å². The molecule has 2 aromatic rings. The summed E-state index contributed by atoms with van der Waals surface area (Å²) in [6.45, 7) is 2.14. The van der Waals surface area contributed by atoms with Gasteiger partial charge in [0.1, 0.15) is 0 Å². The van der Waals surface area contributed by atoms with Gasteiger partial charge in [0.25, 0.3) is 0 Å². The third-order valence-electron chi connectivity index (χ3n) is 3.36. The molecule has 93 valence electrons. The predicted octanol–water partition coefficient (Wildman–Crippen LogP) is 4.80. The van der Waals surface area contributed by atoms with E-state index in [-0.39, 0.29) is 2.85 Å². The first-order chi connectivity index (χ1) is 8.78. The number of hydrogen-bond donors (Lipinski definition) is 1. The van der Waals surface area contributed by atoms with E-state index in [1.54, 1.807) is 0 Å². The first-order valence-electron chi connectivity index (χ1n) is 6.22. The van der Waals surface area contributed by atoms with Gasteiger partial charge in [0, 0.05) is 22.0 Å². The summed E-state index contributed by atoms with van der Waals surface area (Å²) in [7, 11) is 1.96. The highest BCUT2D eigenvalue weighted by Gasteiger charge is 2.11. The van der Waals surface area contributed by atoms with E-state index in [1.165, 1.54) is 33.5 Å². The van der Waals surface area contributed by atoms with Crippen molar-refractivity contribution in [1.82, 2.24) is 0 Å². The monoisotopic (exact) mass is 238 g/mol. The molecule has 1 radical (unpaired) electrons. The number of allylic oxidation sites excluding steroid dienone is 2. The van der Waals surface area contributed by atoms with E-state index in [4.69, 9.17) is 0 Å². The zero-order valence-corrected chi connectivity index (χ0v) is 10.7. The van der Waals surface area contributed by atoms with Gasteiger partial charge in [0.15, 0.2) is 0 Å². The Morgan fingerprint density at radius 2 is 1.67 bits per heavy atom. The van der Waals surface area contributed by atoms with Gasteiger partial charge in [0.2, 0.25) is 0 Å². The first-order valence-corrected chi connectivity index (χ1v) is 6.22. The Bertz CT molecular complexity index is 633. The average Bonchev–Trinajstić information content (AvgIpc) is 3.23. The van der Waals surface area contributed by atoms with Crippen LogP contribution in [0.15, 0.2) is 48.5 Å². The molecular formula is C17H20N. The molecule has 0 saturated carbocycles. The summed E-state index contributed by atoms with van der Waals surface area (Å²) in [5.74, 6) is 0. The van der Waals surface area contributed by atoms with E-state index in [0.29, 0.717) is 0 Å². The molecule has 1 aliphatic rings. The topological polar surface area (TPSA) is 12.0 Å². The second-order valence-corrected chi connectivity index (χ2v) is 4.65. The number of benzene rings is 2. The third kappa shape index (κ3) is 2.04. The number of rotatable bonds is 3. The van der Waals surface area contributed by atoms with Crippen molar-refractivity contribution in [1.29, 1.82) is 0 Å². The quantitative estimate of drug-likeness (QED) is 0.810. The number of anilines is 1. The van der Waals surface area contributed by atoms with Crippen molar-refractivity contribution in [2.75, 3.05) is 12.4 Å². The van der Waals surface area contributed by atoms with E-state index in [9.17, 15) is 0 Å². The van der Waals surface area contributed by atoms with Gasteiger partial charge < -0.3 is 5.32 Å². The van der Waals surface area contributed by atoms with E-state index < -0.39 is 0 Å². The molecule has 0 spiro atoms. The minimum absolute atomic E-state index is 0. The Hall–Kier alpha value is -2.02. The van der Waals surface area contributed by atoms with Crippen molar-refractivity contribution in [2.24, 2.45) is 0 Å². The zero-order chi connectivity index (χ0) is 12.5.